The van der Waals surface area contributed by atoms with Crippen LogP contribution in [-0.4, -0.2) is 48.4 Å². The zero-order valence-corrected chi connectivity index (χ0v) is 18.7. The van der Waals surface area contributed by atoms with Crippen molar-refractivity contribution in [3.8, 4) is 0 Å². The Labute approximate surface area is 185 Å². The van der Waals surface area contributed by atoms with Gasteiger partial charge in [-0.25, -0.2) is 5.01 Å². The number of nitrogens with one attached hydrogen (secondary N) is 1. The number of hydrogen-bond donors (Lipinski definition) is 1. The fourth-order valence-electron chi connectivity index (χ4n) is 3.04. The molecule has 10 nitrogen and oxygen atoms in total. The van der Waals surface area contributed by atoms with E-state index in [1.807, 2.05) is 20.8 Å². The van der Waals surface area contributed by atoms with E-state index in [0.29, 0.717) is 11.1 Å². The Balaban J connectivity index is 1.93. The number of amides is 1. The van der Waals surface area contributed by atoms with E-state index in [1.165, 1.54) is 35.5 Å². The quantitative estimate of drug-likeness (QED) is 0.403. The smallest absolute Gasteiger partial charge is 0.285 e. The van der Waals surface area contributed by atoms with E-state index >= 15 is 0 Å². The molecule has 0 radical (unpaired) electrons. The summed E-state index contributed by atoms with van der Waals surface area (Å²) in [6.07, 6.45) is 1.40. The Morgan fingerprint density at radius 3 is 2.62 bits per heavy atom. The number of amidine groups is 1. The fourth-order valence-corrected chi connectivity index (χ4v) is 4.24. The van der Waals surface area contributed by atoms with Gasteiger partial charge in [0, 0.05) is 35.2 Å². The lowest BCUT2D eigenvalue weighted by molar-refractivity contribution is -0.384. The molecule has 0 atom stereocenters. The summed E-state index contributed by atoms with van der Waals surface area (Å²) in [7, 11) is -3.89. The van der Waals surface area contributed by atoms with Crippen LogP contribution in [0.5, 0.6) is 0 Å². The van der Waals surface area contributed by atoms with E-state index in [4.69, 9.17) is 0 Å². The predicted molar refractivity (Wildman–Crippen MR) is 120 cm³/mol. The van der Waals surface area contributed by atoms with E-state index in [2.05, 4.69) is 14.8 Å². The lowest BCUT2D eigenvalue weighted by Crippen LogP contribution is -2.42. The molecular formula is C21H23N5O5S. The highest BCUT2D eigenvalue weighted by Gasteiger charge is 2.32. The number of carbonyl (C=O) groups excluding carboxylic acids is 1. The molecule has 1 N–H and O–H groups in total. The first-order valence-corrected chi connectivity index (χ1v) is 11.2. The molecule has 11 heteroatoms. The minimum absolute atomic E-state index is 0.0325. The van der Waals surface area contributed by atoms with Crippen molar-refractivity contribution in [3.05, 3.63) is 69.8 Å². The number of hydrazone groups is 1. The van der Waals surface area contributed by atoms with Crippen LogP contribution in [0.2, 0.25) is 0 Å². The van der Waals surface area contributed by atoms with Crippen molar-refractivity contribution >= 4 is 33.7 Å². The van der Waals surface area contributed by atoms with Gasteiger partial charge in [0.1, 0.15) is 4.90 Å². The number of hydrogen-bond acceptors (Lipinski definition) is 7. The highest BCUT2D eigenvalue weighted by atomic mass is 32.2. The molecule has 2 aromatic carbocycles. The molecule has 0 fully saturated rings. The SMILES string of the molecule is CC(C)(C)NC(=O)CCN(/N=C\c1cccc([N+](=O)[O-])c1)C1=NS(=O)(=O)c2ccccc21. The molecule has 1 aliphatic heterocycles. The van der Waals surface area contributed by atoms with Gasteiger partial charge in [-0.1, -0.05) is 24.3 Å². The molecule has 168 valence electrons. The number of benzene rings is 2. The average Bonchev–Trinajstić information content (AvgIpc) is 2.98. The molecule has 0 saturated heterocycles. The van der Waals surface area contributed by atoms with Gasteiger partial charge >= 0.3 is 0 Å². The zero-order valence-electron chi connectivity index (χ0n) is 17.8. The Kier molecular flexibility index (Phi) is 6.40. The van der Waals surface area contributed by atoms with Gasteiger partial charge in [-0.2, -0.15) is 13.5 Å². The topological polar surface area (TPSA) is 134 Å². The summed E-state index contributed by atoms with van der Waals surface area (Å²) in [6.45, 7) is 5.61. The van der Waals surface area contributed by atoms with Crippen LogP contribution >= 0.6 is 0 Å². The van der Waals surface area contributed by atoms with Gasteiger partial charge in [-0.15, -0.1) is 4.40 Å². The molecule has 1 aliphatic rings. The standard InChI is InChI=1S/C21H23N5O5S/c1-21(2,3)23-19(27)11-12-25(22-14-15-7-6-8-16(13-15)26(28)29)20-17-9-4-5-10-18(17)32(30,31)24-20/h4-10,13-14H,11-12H2,1-3H3,(H,23,27)/b22-14-. The summed E-state index contributed by atoms with van der Waals surface area (Å²) in [6, 6.07) is 12.2. The van der Waals surface area contributed by atoms with Gasteiger partial charge in [0.05, 0.1) is 17.7 Å². The molecule has 2 aromatic rings. The number of nitro benzene ring substituents is 1. The lowest BCUT2D eigenvalue weighted by atomic mass is 10.1. The van der Waals surface area contributed by atoms with Crippen molar-refractivity contribution < 1.29 is 18.1 Å². The van der Waals surface area contributed by atoms with Crippen LogP contribution in [0.4, 0.5) is 5.69 Å². The largest absolute Gasteiger partial charge is 0.351 e. The molecule has 1 heterocycles. The molecule has 32 heavy (non-hydrogen) atoms. The predicted octanol–water partition coefficient (Wildman–Crippen LogP) is 2.68. The van der Waals surface area contributed by atoms with Crippen LogP contribution in [0, 0.1) is 10.1 Å². The van der Waals surface area contributed by atoms with E-state index in [9.17, 15) is 23.3 Å². The van der Waals surface area contributed by atoms with E-state index in [1.54, 1.807) is 24.3 Å². The Bertz CT molecular complexity index is 1220. The number of rotatable bonds is 6. The van der Waals surface area contributed by atoms with E-state index in [-0.39, 0.29) is 35.3 Å². The van der Waals surface area contributed by atoms with Crippen molar-refractivity contribution in [2.45, 2.75) is 37.6 Å². The first-order valence-electron chi connectivity index (χ1n) is 9.78. The normalized spacial score (nSPS) is 14.7. The van der Waals surface area contributed by atoms with E-state index in [0.717, 1.165) is 0 Å². The third-order valence-electron chi connectivity index (χ3n) is 4.35. The first kappa shape index (κ1) is 23.1. The van der Waals surface area contributed by atoms with Gasteiger partial charge in [0.15, 0.2) is 5.84 Å². The highest BCUT2D eigenvalue weighted by molar-refractivity contribution is 7.90. The van der Waals surface area contributed by atoms with Crippen LogP contribution in [0.3, 0.4) is 0 Å². The van der Waals surface area contributed by atoms with Crippen molar-refractivity contribution in [1.29, 1.82) is 0 Å². The summed E-state index contributed by atoms with van der Waals surface area (Å²) >= 11 is 0. The van der Waals surface area contributed by atoms with Crippen molar-refractivity contribution in [2.75, 3.05) is 6.54 Å². The molecule has 0 aliphatic carbocycles. The zero-order chi connectivity index (χ0) is 23.5. The third kappa shape index (κ3) is 5.55. The maximum Gasteiger partial charge on any atom is 0.285 e. The summed E-state index contributed by atoms with van der Waals surface area (Å²) in [5.41, 5.74) is 0.295. The monoisotopic (exact) mass is 457 g/mol. The number of fused-ring (bicyclic) bond motifs is 1. The van der Waals surface area contributed by atoms with Gasteiger partial charge in [0.2, 0.25) is 5.91 Å². The first-order chi connectivity index (χ1) is 15.0. The van der Waals surface area contributed by atoms with Crippen LogP contribution in [0.1, 0.15) is 38.3 Å². The van der Waals surface area contributed by atoms with Crippen molar-refractivity contribution in [1.82, 2.24) is 10.3 Å². The van der Waals surface area contributed by atoms with Crippen LogP contribution < -0.4 is 5.32 Å². The number of non-ortho nitro benzene ring substituents is 1. The Morgan fingerprint density at radius 2 is 1.94 bits per heavy atom. The van der Waals surface area contributed by atoms with Gasteiger partial charge in [-0.05, 0) is 32.9 Å². The fraction of sp³-hybridized carbons (Fsp3) is 0.286. The molecule has 0 spiro atoms. The van der Waals surface area contributed by atoms with Crippen LogP contribution in [0.25, 0.3) is 0 Å². The molecule has 1 amide bonds. The van der Waals surface area contributed by atoms with Crippen molar-refractivity contribution in [3.63, 3.8) is 0 Å². The molecule has 0 unspecified atom stereocenters. The van der Waals surface area contributed by atoms with Gasteiger partial charge in [-0.3, -0.25) is 14.9 Å². The minimum Gasteiger partial charge on any atom is -0.351 e. The van der Waals surface area contributed by atoms with Crippen LogP contribution in [-0.2, 0) is 14.8 Å². The average molecular weight is 458 g/mol. The maximum absolute atomic E-state index is 12.5. The second-order valence-electron chi connectivity index (χ2n) is 8.15. The summed E-state index contributed by atoms with van der Waals surface area (Å²) in [4.78, 5) is 22.9. The third-order valence-corrected chi connectivity index (χ3v) is 5.67. The second-order valence-corrected chi connectivity index (χ2v) is 9.73. The van der Waals surface area contributed by atoms with E-state index < -0.39 is 20.5 Å². The number of nitrogens with zero attached hydrogens (tertiary/aromatic N) is 4. The summed E-state index contributed by atoms with van der Waals surface area (Å²) < 4.78 is 28.8. The second kappa shape index (κ2) is 8.87. The molecule has 3 rings (SSSR count). The molecule has 0 aromatic heterocycles. The van der Waals surface area contributed by atoms with Gasteiger partial charge < -0.3 is 5.32 Å². The molecule has 0 saturated carbocycles. The highest BCUT2D eigenvalue weighted by Crippen LogP contribution is 2.27. The lowest BCUT2D eigenvalue weighted by Gasteiger charge is -2.22. The maximum atomic E-state index is 12.5. The minimum atomic E-state index is -3.89. The summed E-state index contributed by atoms with van der Waals surface area (Å²) in [5.74, 6) is -0.145. The Morgan fingerprint density at radius 1 is 1.22 bits per heavy atom. The number of sulfonamides is 1. The van der Waals surface area contributed by atoms with Crippen molar-refractivity contribution in [2.24, 2.45) is 9.50 Å². The molecule has 0 bridgehead atoms. The number of nitro groups is 1. The van der Waals surface area contributed by atoms with Crippen LogP contribution in [0.15, 0.2) is 62.9 Å². The molecular weight excluding hydrogens is 434 g/mol. The summed E-state index contributed by atoms with van der Waals surface area (Å²) in [5, 5.41) is 19.5. The Hall–Kier alpha value is -3.60. The van der Waals surface area contributed by atoms with Gasteiger partial charge in [0.25, 0.3) is 15.7 Å². The number of carbonyl (C=O) groups is 1.